The minimum atomic E-state index is -0.353. The Bertz CT molecular complexity index is 189. The summed E-state index contributed by atoms with van der Waals surface area (Å²) in [7, 11) is 0. The molecule has 0 radical (unpaired) electrons. The van der Waals surface area contributed by atoms with Crippen molar-refractivity contribution in [3.63, 3.8) is 0 Å². The van der Waals surface area contributed by atoms with Crippen LogP contribution in [0.15, 0.2) is 25.3 Å². The van der Waals surface area contributed by atoms with Gasteiger partial charge in [0.05, 0.1) is 0 Å². The number of ketones is 1. The van der Waals surface area contributed by atoms with Gasteiger partial charge in [0.1, 0.15) is 5.78 Å². The quantitative estimate of drug-likeness (QED) is 0.433. The van der Waals surface area contributed by atoms with Crippen molar-refractivity contribution in [3.8, 4) is 0 Å². The van der Waals surface area contributed by atoms with Gasteiger partial charge in [-0.2, -0.15) is 0 Å². The normalized spacial score (nSPS) is 10.9. The fraction of sp³-hybridized carbons (Fsp3) is 0.583. The molecule has 0 bridgehead atoms. The molecule has 0 amide bonds. The van der Waals surface area contributed by atoms with E-state index in [1.165, 1.54) is 0 Å². The van der Waals surface area contributed by atoms with Crippen molar-refractivity contribution in [3.05, 3.63) is 25.3 Å². The van der Waals surface area contributed by atoms with Crippen LogP contribution in [0.5, 0.6) is 0 Å². The highest BCUT2D eigenvalue weighted by atomic mass is 16.1. The third-order valence-corrected chi connectivity index (χ3v) is 2.29. The predicted molar refractivity (Wildman–Crippen MR) is 57.7 cm³/mol. The van der Waals surface area contributed by atoms with Crippen LogP contribution in [0.2, 0.25) is 0 Å². The van der Waals surface area contributed by atoms with Crippen molar-refractivity contribution < 1.29 is 4.79 Å². The lowest BCUT2D eigenvalue weighted by Crippen LogP contribution is -2.20. The molecule has 0 saturated heterocycles. The van der Waals surface area contributed by atoms with Crippen molar-refractivity contribution in [2.24, 2.45) is 5.41 Å². The van der Waals surface area contributed by atoms with Crippen molar-refractivity contribution in [1.82, 2.24) is 0 Å². The summed E-state index contributed by atoms with van der Waals surface area (Å²) >= 11 is 0. The monoisotopic (exact) mass is 180 g/mol. The van der Waals surface area contributed by atoms with E-state index in [4.69, 9.17) is 0 Å². The molecular weight excluding hydrogens is 160 g/mol. The van der Waals surface area contributed by atoms with Crippen molar-refractivity contribution in [2.45, 2.75) is 39.5 Å². The lowest BCUT2D eigenvalue weighted by Gasteiger charge is -2.17. The molecule has 0 unspecified atom stereocenters. The third-order valence-electron chi connectivity index (χ3n) is 2.29. The van der Waals surface area contributed by atoms with Gasteiger partial charge in [0.2, 0.25) is 0 Å². The standard InChI is InChI=1S/C12H20O/c1-5-7-8-9-10-11(13)12(3,4)6-2/h5-6H,1-2,7-10H2,3-4H3. The van der Waals surface area contributed by atoms with E-state index in [2.05, 4.69) is 13.2 Å². The summed E-state index contributed by atoms with van der Waals surface area (Å²) < 4.78 is 0. The average Bonchev–Trinajstić information content (AvgIpc) is 2.12. The van der Waals surface area contributed by atoms with E-state index in [0.29, 0.717) is 6.42 Å². The Hall–Kier alpha value is -0.850. The van der Waals surface area contributed by atoms with Crippen molar-refractivity contribution >= 4 is 5.78 Å². The average molecular weight is 180 g/mol. The second kappa shape index (κ2) is 5.74. The topological polar surface area (TPSA) is 17.1 Å². The minimum absolute atomic E-state index is 0.284. The number of rotatable bonds is 7. The van der Waals surface area contributed by atoms with Gasteiger partial charge in [-0.25, -0.2) is 0 Å². The molecule has 0 aromatic rings. The molecule has 74 valence electrons. The number of hydrogen-bond acceptors (Lipinski definition) is 1. The number of carbonyl (C=O) groups is 1. The Kier molecular flexibility index (Phi) is 5.36. The fourth-order valence-electron chi connectivity index (χ4n) is 1.01. The van der Waals surface area contributed by atoms with Gasteiger partial charge in [-0.3, -0.25) is 4.79 Å². The Labute approximate surface area is 81.5 Å². The van der Waals surface area contributed by atoms with Crippen LogP contribution < -0.4 is 0 Å². The molecule has 1 heteroatoms. The maximum absolute atomic E-state index is 11.6. The summed E-state index contributed by atoms with van der Waals surface area (Å²) in [5.41, 5.74) is -0.353. The van der Waals surface area contributed by atoms with Gasteiger partial charge in [0.25, 0.3) is 0 Å². The molecule has 0 aliphatic carbocycles. The molecule has 0 N–H and O–H groups in total. The van der Waals surface area contributed by atoms with E-state index >= 15 is 0 Å². The van der Waals surface area contributed by atoms with E-state index in [1.54, 1.807) is 6.08 Å². The first-order valence-electron chi connectivity index (χ1n) is 4.82. The Balaban J connectivity index is 3.74. The second-order valence-corrected chi connectivity index (χ2v) is 3.88. The van der Waals surface area contributed by atoms with E-state index in [-0.39, 0.29) is 11.2 Å². The molecule has 0 aromatic carbocycles. The zero-order chi connectivity index (χ0) is 10.3. The largest absolute Gasteiger partial charge is 0.299 e. The first-order chi connectivity index (χ1) is 6.04. The van der Waals surface area contributed by atoms with Gasteiger partial charge < -0.3 is 0 Å². The van der Waals surface area contributed by atoms with Gasteiger partial charge in [0, 0.05) is 11.8 Å². The summed E-state index contributed by atoms with van der Waals surface area (Å²) in [4.78, 5) is 11.6. The number of unbranched alkanes of at least 4 members (excludes halogenated alkanes) is 2. The third kappa shape index (κ3) is 4.66. The van der Waals surface area contributed by atoms with Crippen molar-refractivity contribution in [1.29, 1.82) is 0 Å². The highest BCUT2D eigenvalue weighted by Gasteiger charge is 2.22. The molecule has 0 heterocycles. The van der Waals surface area contributed by atoms with Gasteiger partial charge in [-0.1, -0.05) is 12.2 Å². The van der Waals surface area contributed by atoms with E-state index in [0.717, 1.165) is 19.3 Å². The lowest BCUT2D eigenvalue weighted by molar-refractivity contribution is -0.125. The van der Waals surface area contributed by atoms with Crippen LogP contribution in [-0.2, 0) is 4.79 Å². The SMILES string of the molecule is C=CCCCCC(=O)C(C)(C)C=C. The number of hydrogen-bond donors (Lipinski definition) is 0. The molecule has 0 atom stereocenters. The highest BCUT2D eigenvalue weighted by molar-refractivity contribution is 5.85. The molecule has 0 saturated carbocycles. The van der Waals surface area contributed by atoms with Crippen LogP contribution in [0.3, 0.4) is 0 Å². The summed E-state index contributed by atoms with van der Waals surface area (Å²) in [5, 5.41) is 0. The maximum atomic E-state index is 11.6. The zero-order valence-corrected chi connectivity index (χ0v) is 8.81. The summed E-state index contributed by atoms with van der Waals surface area (Å²) in [6, 6.07) is 0. The second-order valence-electron chi connectivity index (χ2n) is 3.88. The highest BCUT2D eigenvalue weighted by Crippen LogP contribution is 2.20. The molecule has 0 aliphatic rings. The number of Topliss-reactive ketones (excluding diaryl/α,β-unsaturated/α-hetero) is 1. The smallest absolute Gasteiger partial charge is 0.142 e. The first kappa shape index (κ1) is 12.2. The summed E-state index contributed by atoms with van der Waals surface area (Å²) in [6.07, 6.45) is 7.30. The minimum Gasteiger partial charge on any atom is -0.299 e. The van der Waals surface area contributed by atoms with Crippen LogP contribution in [0.25, 0.3) is 0 Å². The molecule has 0 rings (SSSR count). The summed E-state index contributed by atoms with van der Waals surface area (Å²) in [6.45, 7) is 11.1. The number of allylic oxidation sites excluding steroid dienone is 2. The van der Waals surface area contributed by atoms with E-state index in [9.17, 15) is 4.79 Å². The van der Waals surface area contributed by atoms with Crippen LogP contribution >= 0.6 is 0 Å². The zero-order valence-electron chi connectivity index (χ0n) is 8.81. The Morgan fingerprint density at radius 3 is 2.38 bits per heavy atom. The molecule has 0 aliphatic heterocycles. The van der Waals surface area contributed by atoms with Crippen LogP contribution in [0, 0.1) is 5.41 Å². The molecule has 0 fully saturated rings. The van der Waals surface area contributed by atoms with E-state index in [1.807, 2.05) is 19.9 Å². The van der Waals surface area contributed by atoms with Crippen molar-refractivity contribution in [2.75, 3.05) is 0 Å². The number of carbonyl (C=O) groups excluding carboxylic acids is 1. The molecule has 0 aromatic heterocycles. The molecule has 0 spiro atoms. The Morgan fingerprint density at radius 1 is 1.31 bits per heavy atom. The van der Waals surface area contributed by atoms with Gasteiger partial charge in [0.15, 0.2) is 0 Å². The van der Waals surface area contributed by atoms with Crippen LogP contribution in [0.4, 0.5) is 0 Å². The van der Waals surface area contributed by atoms with E-state index < -0.39 is 0 Å². The van der Waals surface area contributed by atoms with Crippen LogP contribution in [0.1, 0.15) is 39.5 Å². The van der Waals surface area contributed by atoms with Gasteiger partial charge >= 0.3 is 0 Å². The Morgan fingerprint density at radius 2 is 1.92 bits per heavy atom. The van der Waals surface area contributed by atoms with Gasteiger partial charge in [-0.15, -0.1) is 13.2 Å². The predicted octanol–water partition coefficient (Wildman–Crippen LogP) is 3.51. The first-order valence-corrected chi connectivity index (χ1v) is 4.82. The van der Waals surface area contributed by atoms with Crippen LogP contribution in [-0.4, -0.2) is 5.78 Å². The molecule has 1 nitrogen and oxygen atoms in total. The fourth-order valence-corrected chi connectivity index (χ4v) is 1.01. The molecular formula is C12H20O. The van der Waals surface area contributed by atoms with Gasteiger partial charge in [-0.05, 0) is 33.1 Å². The maximum Gasteiger partial charge on any atom is 0.142 e. The summed E-state index contributed by atoms with van der Waals surface area (Å²) in [5.74, 6) is 0.284. The molecule has 13 heavy (non-hydrogen) atoms. The lowest BCUT2D eigenvalue weighted by atomic mass is 9.86.